The predicted octanol–water partition coefficient (Wildman–Crippen LogP) is 3.83. The summed E-state index contributed by atoms with van der Waals surface area (Å²) in [6.45, 7) is 3.01. The Labute approximate surface area is 170 Å². The molecule has 150 valence electrons. The van der Waals surface area contributed by atoms with Crippen molar-refractivity contribution in [3.63, 3.8) is 0 Å². The third-order valence-corrected chi connectivity index (χ3v) is 7.65. The smallest absolute Gasteiger partial charge is 0.262 e. The maximum absolute atomic E-state index is 12.9. The number of hydrogen-bond acceptors (Lipinski definition) is 5. The van der Waals surface area contributed by atoms with Crippen molar-refractivity contribution in [2.45, 2.75) is 28.5 Å². The second kappa shape index (κ2) is 7.81. The Morgan fingerprint density at radius 1 is 0.793 bits per heavy atom. The van der Waals surface area contributed by atoms with Crippen LogP contribution in [0.25, 0.3) is 0 Å². The Morgan fingerprint density at radius 3 is 2.00 bits per heavy atom. The SMILES string of the molecule is CC(=O)c1ccc(NS(=O)(=O)c2cc(S(=O)(=O)c3ccccc3)ccc2C)cc1. The molecule has 0 radical (unpaired) electrons. The number of carbonyl (C=O) groups excluding carboxylic acids is 1. The number of sulfonamides is 1. The quantitative estimate of drug-likeness (QED) is 0.601. The van der Waals surface area contributed by atoms with Crippen molar-refractivity contribution in [3.05, 3.63) is 83.9 Å². The van der Waals surface area contributed by atoms with Crippen molar-refractivity contribution in [3.8, 4) is 0 Å². The summed E-state index contributed by atoms with van der Waals surface area (Å²) in [5.41, 5.74) is 1.13. The molecule has 0 aliphatic carbocycles. The molecule has 6 nitrogen and oxygen atoms in total. The Hall–Kier alpha value is -2.97. The van der Waals surface area contributed by atoms with E-state index in [1.807, 2.05) is 0 Å². The van der Waals surface area contributed by atoms with Gasteiger partial charge in [0.1, 0.15) is 0 Å². The molecule has 0 bridgehead atoms. The van der Waals surface area contributed by atoms with E-state index in [1.54, 1.807) is 25.1 Å². The third kappa shape index (κ3) is 4.38. The Morgan fingerprint density at radius 2 is 1.41 bits per heavy atom. The number of nitrogens with one attached hydrogen (secondary N) is 1. The van der Waals surface area contributed by atoms with Gasteiger partial charge in [-0.25, -0.2) is 16.8 Å². The van der Waals surface area contributed by atoms with Crippen molar-refractivity contribution in [2.24, 2.45) is 0 Å². The number of ketones is 1. The number of rotatable bonds is 6. The first-order valence-electron chi connectivity index (χ1n) is 8.66. The fraction of sp³-hybridized carbons (Fsp3) is 0.0952. The molecule has 0 unspecified atom stereocenters. The molecule has 0 amide bonds. The van der Waals surface area contributed by atoms with Gasteiger partial charge in [0.25, 0.3) is 10.0 Å². The first-order valence-corrected chi connectivity index (χ1v) is 11.6. The molecule has 0 fully saturated rings. The maximum atomic E-state index is 12.9. The Kier molecular flexibility index (Phi) is 5.59. The van der Waals surface area contributed by atoms with Crippen LogP contribution in [0.2, 0.25) is 0 Å². The summed E-state index contributed by atoms with van der Waals surface area (Å²) < 4.78 is 53.9. The Balaban J connectivity index is 2.00. The van der Waals surface area contributed by atoms with Gasteiger partial charge in [-0.1, -0.05) is 24.3 Å². The lowest BCUT2D eigenvalue weighted by Gasteiger charge is -2.13. The molecule has 8 heteroatoms. The number of anilines is 1. The molecule has 0 heterocycles. The summed E-state index contributed by atoms with van der Waals surface area (Å²) >= 11 is 0. The van der Waals surface area contributed by atoms with Gasteiger partial charge in [0.15, 0.2) is 5.78 Å². The molecule has 0 atom stereocenters. The van der Waals surface area contributed by atoms with Gasteiger partial charge in [-0.05, 0) is 67.9 Å². The van der Waals surface area contributed by atoms with Crippen LogP contribution in [0, 0.1) is 6.92 Å². The monoisotopic (exact) mass is 429 g/mol. The van der Waals surface area contributed by atoms with E-state index in [0.717, 1.165) is 6.07 Å². The van der Waals surface area contributed by atoms with Gasteiger partial charge >= 0.3 is 0 Å². The highest BCUT2D eigenvalue weighted by Gasteiger charge is 2.23. The molecule has 29 heavy (non-hydrogen) atoms. The van der Waals surface area contributed by atoms with Crippen LogP contribution >= 0.6 is 0 Å². The number of carbonyl (C=O) groups is 1. The van der Waals surface area contributed by atoms with Crippen LogP contribution in [0.3, 0.4) is 0 Å². The average Bonchev–Trinajstić information content (AvgIpc) is 2.68. The summed E-state index contributed by atoms with van der Waals surface area (Å²) in [5, 5.41) is 0. The highest BCUT2D eigenvalue weighted by atomic mass is 32.2. The van der Waals surface area contributed by atoms with E-state index in [9.17, 15) is 21.6 Å². The number of benzene rings is 3. The van der Waals surface area contributed by atoms with Crippen molar-refractivity contribution in [1.82, 2.24) is 0 Å². The van der Waals surface area contributed by atoms with Gasteiger partial charge in [0.05, 0.1) is 14.7 Å². The van der Waals surface area contributed by atoms with E-state index in [-0.39, 0.29) is 26.2 Å². The minimum atomic E-state index is -4.04. The highest BCUT2D eigenvalue weighted by Crippen LogP contribution is 2.26. The van der Waals surface area contributed by atoms with Crippen LogP contribution in [0.15, 0.2) is 87.5 Å². The molecule has 3 aromatic carbocycles. The lowest BCUT2D eigenvalue weighted by atomic mass is 10.1. The summed E-state index contributed by atoms with van der Waals surface area (Å²) in [7, 11) is -7.90. The van der Waals surface area contributed by atoms with E-state index < -0.39 is 19.9 Å². The van der Waals surface area contributed by atoms with Crippen molar-refractivity contribution in [2.75, 3.05) is 4.72 Å². The maximum Gasteiger partial charge on any atom is 0.262 e. The molecule has 1 N–H and O–H groups in total. The Bertz CT molecular complexity index is 1260. The van der Waals surface area contributed by atoms with Gasteiger partial charge < -0.3 is 0 Å². The van der Waals surface area contributed by atoms with Crippen LogP contribution in [0.1, 0.15) is 22.8 Å². The zero-order valence-corrected chi connectivity index (χ0v) is 17.4. The van der Waals surface area contributed by atoms with E-state index in [1.165, 1.54) is 55.5 Å². The summed E-state index contributed by atoms with van der Waals surface area (Å²) in [4.78, 5) is 11.2. The first-order chi connectivity index (χ1) is 13.6. The fourth-order valence-electron chi connectivity index (χ4n) is 2.76. The van der Waals surface area contributed by atoms with E-state index in [0.29, 0.717) is 11.1 Å². The average molecular weight is 430 g/mol. The van der Waals surface area contributed by atoms with Crippen LogP contribution in [-0.4, -0.2) is 22.6 Å². The summed E-state index contributed by atoms with van der Waals surface area (Å²) in [6, 6.07) is 17.8. The highest BCUT2D eigenvalue weighted by molar-refractivity contribution is 7.93. The van der Waals surface area contributed by atoms with Crippen molar-refractivity contribution in [1.29, 1.82) is 0 Å². The number of sulfone groups is 1. The van der Waals surface area contributed by atoms with Crippen LogP contribution in [0.5, 0.6) is 0 Å². The molecule has 0 saturated heterocycles. The van der Waals surface area contributed by atoms with E-state index >= 15 is 0 Å². The van der Waals surface area contributed by atoms with Gasteiger partial charge in [0, 0.05) is 11.3 Å². The molecule has 3 aromatic rings. The van der Waals surface area contributed by atoms with Gasteiger partial charge in [-0.15, -0.1) is 0 Å². The van der Waals surface area contributed by atoms with E-state index in [4.69, 9.17) is 0 Å². The lowest BCUT2D eigenvalue weighted by molar-refractivity contribution is 0.101. The van der Waals surface area contributed by atoms with Crippen LogP contribution in [-0.2, 0) is 19.9 Å². The van der Waals surface area contributed by atoms with E-state index in [2.05, 4.69) is 4.72 Å². The summed E-state index contributed by atoms with van der Waals surface area (Å²) in [5.74, 6) is -0.130. The predicted molar refractivity (Wildman–Crippen MR) is 110 cm³/mol. The normalized spacial score (nSPS) is 11.8. The molecular formula is C21H19NO5S2. The lowest BCUT2D eigenvalue weighted by Crippen LogP contribution is -2.15. The standard InChI is InChI=1S/C21H19NO5S2/c1-15-8-13-20(28(24,25)19-6-4-3-5-7-19)14-21(15)29(26,27)22-18-11-9-17(10-12-18)16(2)23/h3-14,22H,1-2H3. The second-order valence-corrected chi connectivity index (χ2v) is 10.1. The first kappa shape index (κ1) is 20.8. The minimum absolute atomic E-state index is 0.0833. The van der Waals surface area contributed by atoms with Gasteiger partial charge in [0.2, 0.25) is 9.84 Å². The number of Topliss-reactive ketones (excluding diaryl/α,β-unsaturated/α-hetero) is 1. The molecule has 0 spiro atoms. The molecule has 3 rings (SSSR count). The molecule has 0 aliphatic rings. The third-order valence-electron chi connectivity index (χ3n) is 4.36. The molecule has 0 saturated carbocycles. The zero-order valence-electron chi connectivity index (χ0n) is 15.8. The second-order valence-electron chi connectivity index (χ2n) is 6.48. The largest absolute Gasteiger partial charge is 0.295 e. The molecular weight excluding hydrogens is 410 g/mol. The number of hydrogen-bond donors (Lipinski definition) is 1. The topological polar surface area (TPSA) is 97.4 Å². The fourth-order valence-corrected chi connectivity index (χ4v) is 5.47. The van der Waals surface area contributed by atoms with Crippen LogP contribution < -0.4 is 4.72 Å². The van der Waals surface area contributed by atoms with Gasteiger partial charge in [-0.3, -0.25) is 9.52 Å². The zero-order chi connectivity index (χ0) is 21.2. The van der Waals surface area contributed by atoms with Crippen molar-refractivity contribution < 1.29 is 21.6 Å². The minimum Gasteiger partial charge on any atom is -0.295 e. The van der Waals surface area contributed by atoms with Crippen LogP contribution in [0.4, 0.5) is 5.69 Å². The van der Waals surface area contributed by atoms with Gasteiger partial charge in [-0.2, -0.15) is 0 Å². The molecule has 0 aliphatic heterocycles. The van der Waals surface area contributed by atoms with Crippen molar-refractivity contribution >= 4 is 31.3 Å². The molecule has 0 aromatic heterocycles. The summed E-state index contributed by atoms with van der Waals surface area (Å²) in [6.07, 6.45) is 0. The number of aryl methyl sites for hydroxylation is 1.